The van der Waals surface area contributed by atoms with Crippen molar-refractivity contribution in [1.29, 1.82) is 0 Å². The maximum absolute atomic E-state index is 12.2. The molecule has 2 aromatic rings. The average molecular weight is 269 g/mol. The van der Waals surface area contributed by atoms with Crippen molar-refractivity contribution < 1.29 is 12.8 Å². The predicted octanol–water partition coefficient (Wildman–Crippen LogP) is 0.887. The Morgan fingerprint density at radius 3 is 2.83 bits per heavy atom. The van der Waals surface area contributed by atoms with Crippen molar-refractivity contribution in [3.8, 4) is 0 Å². The average Bonchev–Trinajstić information content (AvgIpc) is 2.99. The lowest BCUT2D eigenvalue weighted by atomic mass is 10.3. The number of aromatic amines is 1. The van der Waals surface area contributed by atoms with E-state index in [1.54, 1.807) is 12.1 Å². The summed E-state index contributed by atoms with van der Waals surface area (Å²) in [6.07, 6.45) is 4.48. The summed E-state index contributed by atoms with van der Waals surface area (Å²) in [7, 11) is -1.97. The number of aromatic nitrogens is 1. The SMILES string of the molecule is CN(Cc1ccoc1)S(=O)(=O)c1c[nH]c(CN)c1. The van der Waals surface area contributed by atoms with Gasteiger partial charge < -0.3 is 15.1 Å². The number of furan rings is 1. The number of nitrogens with one attached hydrogen (secondary N) is 1. The highest BCUT2D eigenvalue weighted by atomic mass is 32.2. The van der Waals surface area contributed by atoms with Crippen LogP contribution in [0.15, 0.2) is 40.2 Å². The van der Waals surface area contributed by atoms with Crippen molar-refractivity contribution in [3.05, 3.63) is 42.1 Å². The Balaban J connectivity index is 2.19. The molecule has 0 aliphatic rings. The van der Waals surface area contributed by atoms with Crippen molar-refractivity contribution in [2.24, 2.45) is 5.73 Å². The Morgan fingerprint density at radius 2 is 2.28 bits per heavy atom. The molecule has 0 saturated carbocycles. The molecule has 0 saturated heterocycles. The van der Waals surface area contributed by atoms with Crippen molar-refractivity contribution in [2.45, 2.75) is 18.0 Å². The molecule has 0 bridgehead atoms. The van der Waals surface area contributed by atoms with Crippen molar-refractivity contribution >= 4 is 10.0 Å². The number of nitrogens with two attached hydrogens (primary N) is 1. The Labute approximate surface area is 105 Å². The number of rotatable bonds is 5. The molecule has 0 fully saturated rings. The standard InChI is InChI=1S/C11H15N3O3S/c1-14(7-9-2-3-17-8-9)18(15,16)11-4-10(5-12)13-6-11/h2-4,6,8,13H,5,7,12H2,1H3. The zero-order valence-electron chi connectivity index (χ0n) is 9.96. The van der Waals surface area contributed by atoms with Crippen molar-refractivity contribution in [3.63, 3.8) is 0 Å². The van der Waals surface area contributed by atoms with Gasteiger partial charge >= 0.3 is 0 Å². The van der Waals surface area contributed by atoms with Crippen LogP contribution in [0.1, 0.15) is 11.3 Å². The Hall–Kier alpha value is -1.57. The molecule has 0 spiro atoms. The van der Waals surface area contributed by atoms with Crippen LogP contribution in [-0.2, 0) is 23.1 Å². The number of sulfonamides is 1. The van der Waals surface area contributed by atoms with E-state index in [0.717, 1.165) is 5.56 Å². The van der Waals surface area contributed by atoms with Gasteiger partial charge in [0.15, 0.2) is 0 Å². The quantitative estimate of drug-likeness (QED) is 0.843. The van der Waals surface area contributed by atoms with Crippen LogP contribution in [0.2, 0.25) is 0 Å². The molecule has 0 aliphatic heterocycles. The number of hydrogen-bond donors (Lipinski definition) is 2. The molecule has 0 radical (unpaired) electrons. The van der Waals surface area contributed by atoms with Crippen molar-refractivity contribution in [1.82, 2.24) is 9.29 Å². The van der Waals surface area contributed by atoms with Crippen molar-refractivity contribution in [2.75, 3.05) is 7.05 Å². The molecule has 2 aromatic heterocycles. The third kappa shape index (κ3) is 2.47. The molecule has 0 atom stereocenters. The van der Waals surface area contributed by atoms with Gasteiger partial charge in [-0.1, -0.05) is 0 Å². The monoisotopic (exact) mass is 269 g/mol. The highest BCUT2D eigenvalue weighted by Crippen LogP contribution is 2.17. The molecule has 2 heterocycles. The summed E-state index contributed by atoms with van der Waals surface area (Å²) >= 11 is 0. The van der Waals surface area contributed by atoms with Gasteiger partial charge in [0.2, 0.25) is 10.0 Å². The molecule has 98 valence electrons. The van der Waals surface area contributed by atoms with Gasteiger partial charge in [-0.3, -0.25) is 0 Å². The van der Waals surface area contributed by atoms with Crippen LogP contribution in [0.4, 0.5) is 0 Å². The number of H-pyrrole nitrogens is 1. The fraction of sp³-hybridized carbons (Fsp3) is 0.273. The van der Waals surface area contributed by atoms with E-state index in [-0.39, 0.29) is 18.0 Å². The highest BCUT2D eigenvalue weighted by Gasteiger charge is 2.22. The molecule has 0 amide bonds. The van der Waals surface area contributed by atoms with E-state index in [2.05, 4.69) is 4.98 Å². The summed E-state index contributed by atoms with van der Waals surface area (Å²) in [5, 5.41) is 0. The summed E-state index contributed by atoms with van der Waals surface area (Å²) in [6.45, 7) is 0.545. The number of nitrogens with zero attached hydrogens (tertiary/aromatic N) is 1. The van der Waals surface area contributed by atoms with Crippen LogP contribution in [0.3, 0.4) is 0 Å². The minimum atomic E-state index is -3.50. The second-order valence-electron chi connectivity index (χ2n) is 3.96. The summed E-state index contributed by atoms with van der Waals surface area (Å²) in [4.78, 5) is 3.04. The van der Waals surface area contributed by atoms with E-state index in [4.69, 9.17) is 10.2 Å². The maximum atomic E-state index is 12.2. The largest absolute Gasteiger partial charge is 0.472 e. The van der Waals surface area contributed by atoms with Gasteiger partial charge in [-0.2, -0.15) is 4.31 Å². The van der Waals surface area contributed by atoms with Gasteiger partial charge in [0, 0.05) is 37.6 Å². The summed E-state index contributed by atoms with van der Waals surface area (Å²) in [5.41, 5.74) is 6.93. The summed E-state index contributed by atoms with van der Waals surface area (Å²) < 4.78 is 30.6. The highest BCUT2D eigenvalue weighted by molar-refractivity contribution is 7.89. The normalized spacial score (nSPS) is 12.2. The summed E-state index contributed by atoms with van der Waals surface area (Å²) in [5.74, 6) is 0. The van der Waals surface area contributed by atoms with Crippen LogP contribution < -0.4 is 5.73 Å². The minimum absolute atomic E-state index is 0.217. The van der Waals surface area contributed by atoms with Gasteiger partial charge in [0.25, 0.3) is 0 Å². The molecule has 6 nitrogen and oxygen atoms in total. The zero-order chi connectivity index (χ0) is 13.2. The lowest BCUT2D eigenvalue weighted by molar-refractivity contribution is 0.463. The summed E-state index contributed by atoms with van der Waals surface area (Å²) in [6, 6.07) is 3.27. The predicted molar refractivity (Wildman–Crippen MR) is 66.0 cm³/mol. The van der Waals surface area contributed by atoms with E-state index in [1.165, 1.54) is 30.1 Å². The van der Waals surface area contributed by atoms with E-state index in [1.807, 2.05) is 0 Å². The Bertz CT molecular complexity index is 601. The van der Waals surface area contributed by atoms with Crippen LogP contribution in [0.5, 0.6) is 0 Å². The van der Waals surface area contributed by atoms with E-state index in [0.29, 0.717) is 5.69 Å². The molecular formula is C11H15N3O3S. The first-order valence-corrected chi connectivity index (χ1v) is 6.83. The van der Waals surface area contributed by atoms with E-state index < -0.39 is 10.0 Å². The molecule has 0 unspecified atom stereocenters. The molecule has 3 N–H and O–H groups in total. The van der Waals surface area contributed by atoms with Gasteiger partial charge in [0.05, 0.1) is 17.4 Å². The first-order chi connectivity index (χ1) is 8.54. The smallest absolute Gasteiger partial charge is 0.244 e. The van der Waals surface area contributed by atoms with Gasteiger partial charge in [0.1, 0.15) is 0 Å². The zero-order valence-corrected chi connectivity index (χ0v) is 10.8. The van der Waals surface area contributed by atoms with E-state index in [9.17, 15) is 8.42 Å². The van der Waals surface area contributed by atoms with E-state index >= 15 is 0 Å². The Morgan fingerprint density at radius 1 is 1.50 bits per heavy atom. The lowest BCUT2D eigenvalue weighted by Crippen LogP contribution is -2.26. The fourth-order valence-electron chi connectivity index (χ4n) is 1.59. The molecule has 2 rings (SSSR count). The molecule has 18 heavy (non-hydrogen) atoms. The van der Waals surface area contributed by atoms with Gasteiger partial charge in [-0.05, 0) is 12.1 Å². The van der Waals surface area contributed by atoms with Crippen LogP contribution in [-0.4, -0.2) is 24.8 Å². The third-order valence-electron chi connectivity index (χ3n) is 2.63. The molecule has 0 aliphatic carbocycles. The number of hydrogen-bond acceptors (Lipinski definition) is 4. The molecule has 0 aromatic carbocycles. The minimum Gasteiger partial charge on any atom is -0.472 e. The molecular weight excluding hydrogens is 254 g/mol. The Kier molecular flexibility index (Phi) is 3.55. The van der Waals surface area contributed by atoms with Gasteiger partial charge in [-0.25, -0.2) is 8.42 Å². The second-order valence-corrected chi connectivity index (χ2v) is 6.00. The second kappa shape index (κ2) is 4.97. The van der Waals surface area contributed by atoms with Crippen LogP contribution >= 0.6 is 0 Å². The fourth-order valence-corrected chi connectivity index (χ4v) is 2.77. The topological polar surface area (TPSA) is 92.3 Å². The maximum Gasteiger partial charge on any atom is 0.244 e. The third-order valence-corrected chi connectivity index (χ3v) is 4.41. The van der Waals surface area contributed by atoms with Gasteiger partial charge in [-0.15, -0.1) is 0 Å². The lowest BCUT2D eigenvalue weighted by Gasteiger charge is -2.14. The first kappa shape index (κ1) is 12.9. The van der Waals surface area contributed by atoms with Crippen LogP contribution in [0.25, 0.3) is 0 Å². The van der Waals surface area contributed by atoms with Crippen LogP contribution in [0, 0.1) is 0 Å². The first-order valence-electron chi connectivity index (χ1n) is 5.39. The molecule has 7 heteroatoms.